The van der Waals surface area contributed by atoms with E-state index < -0.39 is 27.6 Å². The molecule has 1 fully saturated rings. The lowest BCUT2D eigenvalue weighted by atomic mass is 9.87. The molecule has 0 amide bonds. The van der Waals surface area contributed by atoms with Crippen LogP contribution in [0.5, 0.6) is 11.5 Å². The molecule has 4 aromatic carbocycles. The fourth-order valence-electron chi connectivity index (χ4n) is 4.69. The van der Waals surface area contributed by atoms with Crippen LogP contribution in [0.4, 0.5) is 0 Å². The predicted octanol–water partition coefficient (Wildman–Crippen LogP) is 4.40. The van der Waals surface area contributed by atoms with Crippen molar-refractivity contribution in [3.63, 3.8) is 0 Å². The maximum absolute atomic E-state index is 13.6. The molecule has 1 aliphatic heterocycles. The minimum atomic E-state index is -3.91. The minimum absolute atomic E-state index is 0.0518. The first-order valence-corrected chi connectivity index (χ1v) is 14.5. The van der Waals surface area contributed by atoms with E-state index in [4.69, 9.17) is 25.7 Å². The van der Waals surface area contributed by atoms with Crippen molar-refractivity contribution in [2.24, 2.45) is 5.73 Å². The molecule has 0 aliphatic carbocycles. The summed E-state index contributed by atoms with van der Waals surface area (Å²) < 4.78 is 40.3. The molecule has 0 radical (unpaired) electrons. The Balaban J connectivity index is 1.30. The summed E-state index contributed by atoms with van der Waals surface area (Å²) in [5.74, 6) is 0.219. The van der Waals surface area contributed by atoms with Crippen molar-refractivity contribution >= 4 is 16.0 Å². The number of carbonyl (C=O) groups excluding carboxylic acids is 1. The SMILES string of the molecule is N#Cc1ccc(OC(=O)C[C@H](N)c2cccc(S(=O)(=O)N3CC(Oc4ccc(C#N)cc4)(c4ccccc4)C3)c2)cc1. The molecule has 42 heavy (non-hydrogen) atoms. The zero-order chi connectivity index (χ0) is 29.7. The van der Waals surface area contributed by atoms with E-state index >= 15 is 0 Å². The van der Waals surface area contributed by atoms with Crippen molar-refractivity contribution in [3.8, 4) is 23.6 Å². The van der Waals surface area contributed by atoms with Crippen LogP contribution >= 0.6 is 0 Å². The Morgan fingerprint density at radius 3 is 2.05 bits per heavy atom. The second-order valence-electron chi connectivity index (χ2n) is 9.87. The van der Waals surface area contributed by atoms with Crippen molar-refractivity contribution in [1.29, 1.82) is 10.5 Å². The smallest absolute Gasteiger partial charge is 0.313 e. The molecule has 210 valence electrons. The summed E-state index contributed by atoms with van der Waals surface area (Å²) in [6, 6.07) is 31.7. The number of hydrogen-bond donors (Lipinski definition) is 1. The van der Waals surface area contributed by atoms with Gasteiger partial charge in [-0.05, 0) is 71.8 Å². The van der Waals surface area contributed by atoms with Gasteiger partial charge < -0.3 is 15.2 Å². The Hall–Kier alpha value is -5.00. The average molecular weight is 579 g/mol. The van der Waals surface area contributed by atoms with E-state index in [9.17, 15) is 13.2 Å². The molecule has 9 nitrogen and oxygen atoms in total. The molecule has 0 spiro atoms. The van der Waals surface area contributed by atoms with Gasteiger partial charge in [0.05, 0.1) is 47.7 Å². The molecule has 2 N–H and O–H groups in total. The summed E-state index contributed by atoms with van der Waals surface area (Å²) in [5, 5.41) is 18.0. The summed E-state index contributed by atoms with van der Waals surface area (Å²) in [5.41, 5.74) is 7.59. The molecular formula is C32H26N4O5S. The van der Waals surface area contributed by atoms with Crippen molar-refractivity contribution in [1.82, 2.24) is 4.31 Å². The van der Waals surface area contributed by atoms with E-state index in [-0.39, 0.29) is 30.2 Å². The normalized spacial score (nSPS) is 14.9. The third kappa shape index (κ3) is 6.02. The van der Waals surface area contributed by atoms with Gasteiger partial charge in [-0.3, -0.25) is 4.79 Å². The first-order valence-electron chi connectivity index (χ1n) is 13.0. The zero-order valence-electron chi connectivity index (χ0n) is 22.4. The highest BCUT2D eigenvalue weighted by Crippen LogP contribution is 2.40. The van der Waals surface area contributed by atoms with Crippen LogP contribution in [0.25, 0.3) is 0 Å². The van der Waals surface area contributed by atoms with Crippen LogP contribution in [0.2, 0.25) is 0 Å². The highest BCUT2D eigenvalue weighted by atomic mass is 32.2. The lowest BCUT2D eigenvalue weighted by molar-refractivity contribution is -0.134. The number of esters is 1. The van der Waals surface area contributed by atoms with Gasteiger partial charge >= 0.3 is 5.97 Å². The van der Waals surface area contributed by atoms with Crippen LogP contribution < -0.4 is 15.2 Å². The first kappa shape index (κ1) is 28.5. The molecule has 4 aromatic rings. The fraction of sp³-hybridized carbons (Fsp3) is 0.156. The third-order valence-electron chi connectivity index (χ3n) is 6.99. The number of carbonyl (C=O) groups is 1. The van der Waals surface area contributed by atoms with Crippen LogP contribution in [0, 0.1) is 22.7 Å². The molecule has 0 saturated carbocycles. The number of ether oxygens (including phenoxy) is 2. The maximum Gasteiger partial charge on any atom is 0.313 e. The van der Waals surface area contributed by atoms with Crippen molar-refractivity contribution in [2.45, 2.75) is 23.0 Å². The molecule has 1 aliphatic rings. The van der Waals surface area contributed by atoms with E-state index in [2.05, 4.69) is 6.07 Å². The second kappa shape index (κ2) is 11.9. The molecule has 1 saturated heterocycles. The van der Waals surface area contributed by atoms with E-state index in [0.717, 1.165) is 5.56 Å². The second-order valence-corrected chi connectivity index (χ2v) is 11.8. The average Bonchev–Trinajstić information content (AvgIpc) is 2.99. The number of benzene rings is 4. The summed E-state index contributed by atoms with van der Waals surface area (Å²) >= 11 is 0. The topological polar surface area (TPSA) is 147 Å². The largest absolute Gasteiger partial charge is 0.480 e. The quantitative estimate of drug-likeness (QED) is 0.227. The van der Waals surface area contributed by atoms with Crippen LogP contribution in [0.15, 0.2) is 108 Å². The summed E-state index contributed by atoms with van der Waals surface area (Å²) in [7, 11) is -3.91. The molecule has 10 heteroatoms. The van der Waals surface area contributed by atoms with E-state index in [0.29, 0.717) is 22.4 Å². The number of nitrogens with zero attached hydrogens (tertiary/aromatic N) is 3. The van der Waals surface area contributed by atoms with Gasteiger partial charge in [0.15, 0.2) is 5.60 Å². The van der Waals surface area contributed by atoms with Crippen LogP contribution in [0.3, 0.4) is 0 Å². The van der Waals surface area contributed by atoms with Crippen LogP contribution in [0.1, 0.15) is 34.7 Å². The van der Waals surface area contributed by atoms with Gasteiger partial charge in [-0.25, -0.2) is 8.42 Å². The van der Waals surface area contributed by atoms with Crippen LogP contribution in [-0.4, -0.2) is 31.8 Å². The summed E-state index contributed by atoms with van der Waals surface area (Å²) in [6.07, 6.45) is -0.178. The number of nitriles is 2. The maximum atomic E-state index is 13.6. The van der Waals surface area contributed by atoms with Crippen LogP contribution in [-0.2, 0) is 20.4 Å². The van der Waals surface area contributed by atoms with Crippen molar-refractivity contribution < 1.29 is 22.7 Å². The molecular weight excluding hydrogens is 552 g/mol. The Labute approximate surface area is 244 Å². The fourth-order valence-corrected chi connectivity index (χ4v) is 6.28. The van der Waals surface area contributed by atoms with Gasteiger partial charge in [-0.15, -0.1) is 0 Å². The van der Waals surface area contributed by atoms with E-state index in [1.54, 1.807) is 36.4 Å². The number of nitrogens with two attached hydrogens (primary N) is 1. The van der Waals surface area contributed by atoms with Crippen molar-refractivity contribution in [2.75, 3.05) is 13.1 Å². The van der Waals surface area contributed by atoms with Gasteiger partial charge in [-0.2, -0.15) is 14.8 Å². The number of hydrogen-bond acceptors (Lipinski definition) is 8. The van der Waals surface area contributed by atoms with Crippen molar-refractivity contribution in [3.05, 3.63) is 125 Å². The number of sulfonamides is 1. The Morgan fingerprint density at radius 1 is 0.857 bits per heavy atom. The third-order valence-corrected chi connectivity index (χ3v) is 8.77. The molecule has 1 heterocycles. The highest BCUT2D eigenvalue weighted by Gasteiger charge is 2.52. The molecule has 1 atom stereocenters. The van der Waals surface area contributed by atoms with Gasteiger partial charge in [0.2, 0.25) is 10.0 Å². The molecule has 0 bridgehead atoms. The van der Waals surface area contributed by atoms with Gasteiger partial charge in [-0.1, -0.05) is 42.5 Å². The molecule has 0 aromatic heterocycles. The monoisotopic (exact) mass is 578 g/mol. The number of rotatable bonds is 9. The molecule has 0 unspecified atom stereocenters. The van der Waals surface area contributed by atoms with E-state index in [1.807, 2.05) is 36.4 Å². The zero-order valence-corrected chi connectivity index (χ0v) is 23.2. The van der Waals surface area contributed by atoms with Gasteiger partial charge in [0.25, 0.3) is 0 Å². The van der Waals surface area contributed by atoms with Gasteiger partial charge in [0.1, 0.15) is 11.5 Å². The lowest BCUT2D eigenvalue weighted by Crippen LogP contribution is -2.64. The summed E-state index contributed by atoms with van der Waals surface area (Å²) in [4.78, 5) is 12.5. The predicted molar refractivity (Wildman–Crippen MR) is 153 cm³/mol. The summed E-state index contributed by atoms with van der Waals surface area (Å²) in [6.45, 7) is 0.152. The first-order chi connectivity index (χ1) is 20.2. The molecule has 5 rings (SSSR count). The Morgan fingerprint density at radius 2 is 1.45 bits per heavy atom. The lowest BCUT2D eigenvalue weighted by Gasteiger charge is -2.48. The highest BCUT2D eigenvalue weighted by molar-refractivity contribution is 7.89. The van der Waals surface area contributed by atoms with Gasteiger partial charge in [0, 0.05) is 6.04 Å². The minimum Gasteiger partial charge on any atom is -0.480 e. The Kier molecular flexibility index (Phi) is 8.05. The Bertz CT molecular complexity index is 1770. The van der Waals surface area contributed by atoms with E-state index in [1.165, 1.54) is 40.7 Å². The standard InChI is InChI=1S/C32H26N4O5S/c33-19-23-9-13-27(14-10-23)40-31(37)18-30(35)25-5-4-8-29(17-25)42(38,39)36-21-32(22-36,26-6-2-1-3-7-26)41-28-15-11-24(20-34)12-16-28/h1-17,30H,18,21-22,35H2/t30-/m0/s1.